The topological polar surface area (TPSA) is 73.9 Å². The molecule has 0 aliphatic heterocycles. The van der Waals surface area contributed by atoms with Crippen molar-refractivity contribution in [1.82, 2.24) is 25.6 Å². The highest BCUT2D eigenvalue weighted by Crippen LogP contribution is 1.96. The van der Waals surface area contributed by atoms with Gasteiger partial charge in [-0.3, -0.25) is 4.79 Å². The summed E-state index contributed by atoms with van der Waals surface area (Å²) in [4.78, 5) is 13.5. The molecule has 78 valence electrons. The van der Waals surface area contributed by atoms with E-state index in [2.05, 4.69) is 20.7 Å². The fraction of sp³-hybridized carbons (Fsp3) is 0.625. The van der Waals surface area contributed by atoms with Gasteiger partial charge in [-0.15, -0.1) is 0 Å². The van der Waals surface area contributed by atoms with E-state index in [0.29, 0.717) is 17.9 Å². The Balaban J connectivity index is 2.40. The summed E-state index contributed by atoms with van der Waals surface area (Å²) >= 11 is 0. The Labute approximate surface area is 82.7 Å². The van der Waals surface area contributed by atoms with Crippen LogP contribution in [0.1, 0.15) is 16.2 Å². The SMILES string of the molecule is Cc1n[nH]nc1C(=O)NCCN(C)C. The highest BCUT2D eigenvalue weighted by Gasteiger charge is 2.11. The van der Waals surface area contributed by atoms with Crippen LogP contribution in [0.3, 0.4) is 0 Å². The monoisotopic (exact) mass is 197 g/mol. The Morgan fingerprint density at radius 3 is 2.71 bits per heavy atom. The second-order valence-corrected chi connectivity index (χ2v) is 3.32. The van der Waals surface area contributed by atoms with E-state index in [1.165, 1.54) is 0 Å². The average molecular weight is 197 g/mol. The second kappa shape index (κ2) is 4.71. The van der Waals surface area contributed by atoms with Crippen LogP contribution in [0.4, 0.5) is 0 Å². The number of nitrogens with one attached hydrogen (secondary N) is 2. The molecule has 6 heteroatoms. The fourth-order valence-corrected chi connectivity index (χ4v) is 0.976. The molecule has 0 aliphatic carbocycles. The van der Waals surface area contributed by atoms with Crippen molar-refractivity contribution in [1.29, 1.82) is 0 Å². The zero-order chi connectivity index (χ0) is 10.6. The van der Waals surface area contributed by atoms with Crippen LogP contribution in [-0.2, 0) is 0 Å². The first-order valence-corrected chi connectivity index (χ1v) is 4.41. The maximum absolute atomic E-state index is 11.5. The molecule has 1 aromatic rings. The van der Waals surface area contributed by atoms with Crippen molar-refractivity contribution < 1.29 is 4.79 Å². The summed E-state index contributed by atoms with van der Waals surface area (Å²) < 4.78 is 0. The summed E-state index contributed by atoms with van der Waals surface area (Å²) in [6.45, 7) is 3.16. The number of rotatable bonds is 4. The number of carbonyl (C=O) groups excluding carboxylic acids is 1. The first-order chi connectivity index (χ1) is 6.61. The normalized spacial score (nSPS) is 10.6. The molecule has 1 amide bonds. The van der Waals surface area contributed by atoms with Gasteiger partial charge >= 0.3 is 0 Å². The van der Waals surface area contributed by atoms with Gasteiger partial charge in [0.2, 0.25) is 0 Å². The number of aryl methyl sites for hydroxylation is 1. The van der Waals surface area contributed by atoms with E-state index >= 15 is 0 Å². The van der Waals surface area contributed by atoms with E-state index in [4.69, 9.17) is 0 Å². The lowest BCUT2D eigenvalue weighted by molar-refractivity contribution is 0.0945. The Kier molecular flexibility index (Phi) is 3.58. The molecule has 2 N–H and O–H groups in total. The molecule has 6 nitrogen and oxygen atoms in total. The van der Waals surface area contributed by atoms with Gasteiger partial charge in [-0.05, 0) is 21.0 Å². The zero-order valence-corrected chi connectivity index (χ0v) is 8.66. The summed E-state index contributed by atoms with van der Waals surface area (Å²) in [6.07, 6.45) is 0. The Bertz CT molecular complexity index is 306. The average Bonchev–Trinajstić information content (AvgIpc) is 2.50. The highest BCUT2D eigenvalue weighted by molar-refractivity contribution is 5.93. The summed E-state index contributed by atoms with van der Waals surface area (Å²) in [7, 11) is 3.90. The highest BCUT2D eigenvalue weighted by atomic mass is 16.2. The Morgan fingerprint density at radius 2 is 2.21 bits per heavy atom. The van der Waals surface area contributed by atoms with Crippen molar-refractivity contribution in [2.75, 3.05) is 27.2 Å². The van der Waals surface area contributed by atoms with Crippen molar-refractivity contribution >= 4 is 5.91 Å². The van der Waals surface area contributed by atoms with Crippen LogP contribution in [0.5, 0.6) is 0 Å². The van der Waals surface area contributed by atoms with Gasteiger partial charge in [0.05, 0.1) is 5.69 Å². The third-order valence-electron chi connectivity index (χ3n) is 1.78. The van der Waals surface area contributed by atoms with Gasteiger partial charge in [0, 0.05) is 13.1 Å². The fourth-order valence-electron chi connectivity index (χ4n) is 0.976. The van der Waals surface area contributed by atoms with Crippen LogP contribution < -0.4 is 5.32 Å². The summed E-state index contributed by atoms with van der Waals surface area (Å²) in [5, 5.41) is 12.7. The van der Waals surface area contributed by atoms with E-state index in [0.717, 1.165) is 6.54 Å². The molecular weight excluding hydrogens is 182 g/mol. The molecule has 0 atom stereocenters. The smallest absolute Gasteiger partial charge is 0.273 e. The van der Waals surface area contributed by atoms with Crippen molar-refractivity contribution in [3.8, 4) is 0 Å². The van der Waals surface area contributed by atoms with Crippen LogP contribution in [0.25, 0.3) is 0 Å². The van der Waals surface area contributed by atoms with E-state index in [1.54, 1.807) is 6.92 Å². The molecule has 0 unspecified atom stereocenters. The van der Waals surface area contributed by atoms with Crippen molar-refractivity contribution in [3.63, 3.8) is 0 Å². The van der Waals surface area contributed by atoms with Gasteiger partial charge in [0.1, 0.15) is 0 Å². The predicted octanol–water partition coefficient (Wildman–Crippen LogP) is -0.595. The van der Waals surface area contributed by atoms with Crippen molar-refractivity contribution in [2.24, 2.45) is 0 Å². The number of likely N-dealkylation sites (N-methyl/N-ethyl adjacent to an activating group) is 1. The number of hydrogen-bond donors (Lipinski definition) is 2. The molecule has 0 aliphatic rings. The minimum atomic E-state index is -0.182. The minimum absolute atomic E-state index is 0.182. The standard InChI is InChI=1S/C8H15N5O/c1-6-7(11-12-10-6)8(14)9-4-5-13(2)3/h4-5H2,1-3H3,(H,9,14)(H,10,11,12). The van der Waals surface area contributed by atoms with Gasteiger partial charge in [0.25, 0.3) is 5.91 Å². The number of hydrogen-bond acceptors (Lipinski definition) is 4. The first-order valence-electron chi connectivity index (χ1n) is 4.41. The van der Waals surface area contributed by atoms with Crippen LogP contribution in [0.15, 0.2) is 0 Å². The largest absolute Gasteiger partial charge is 0.349 e. The van der Waals surface area contributed by atoms with Crippen LogP contribution >= 0.6 is 0 Å². The molecule has 1 heterocycles. The van der Waals surface area contributed by atoms with Crippen LogP contribution in [-0.4, -0.2) is 53.4 Å². The van der Waals surface area contributed by atoms with Crippen molar-refractivity contribution in [3.05, 3.63) is 11.4 Å². The number of carbonyl (C=O) groups is 1. The molecule has 1 aromatic heterocycles. The number of aromatic nitrogens is 3. The van der Waals surface area contributed by atoms with Crippen molar-refractivity contribution in [2.45, 2.75) is 6.92 Å². The number of aromatic amines is 1. The Hall–Kier alpha value is -1.43. The number of H-pyrrole nitrogens is 1. The minimum Gasteiger partial charge on any atom is -0.349 e. The van der Waals surface area contributed by atoms with Crippen LogP contribution in [0.2, 0.25) is 0 Å². The molecule has 0 aromatic carbocycles. The van der Waals surface area contributed by atoms with E-state index in [-0.39, 0.29) is 5.91 Å². The van der Waals surface area contributed by atoms with Gasteiger partial charge in [-0.25, -0.2) is 0 Å². The molecule has 0 radical (unpaired) electrons. The summed E-state index contributed by atoms with van der Waals surface area (Å²) in [6, 6.07) is 0. The Morgan fingerprint density at radius 1 is 1.50 bits per heavy atom. The van der Waals surface area contributed by atoms with E-state index in [1.807, 2.05) is 19.0 Å². The summed E-state index contributed by atoms with van der Waals surface area (Å²) in [5.74, 6) is -0.182. The molecule has 1 rings (SSSR count). The molecule has 14 heavy (non-hydrogen) atoms. The van der Waals surface area contributed by atoms with E-state index in [9.17, 15) is 4.79 Å². The summed E-state index contributed by atoms with van der Waals surface area (Å²) in [5.41, 5.74) is 0.983. The van der Waals surface area contributed by atoms with Gasteiger partial charge in [-0.2, -0.15) is 15.4 Å². The van der Waals surface area contributed by atoms with Crippen LogP contribution in [0, 0.1) is 6.92 Å². The van der Waals surface area contributed by atoms with E-state index < -0.39 is 0 Å². The molecule has 0 bridgehead atoms. The lowest BCUT2D eigenvalue weighted by Crippen LogP contribution is -2.31. The number of amides is 1. The van der Waals surface area contributed by atoms with Gasteiger partial charge in [-0.1, -0.05) is 0 Å². The molecule has 0 spiro atoms. The lowest BCUT2D eigenvalue weighted by Gasteiger charge is -2.09. The maximum Gasteiger partial charge on any atom is 0.273 e. The zero-order valence-electron chi connectivity index (χ0n) is 8.66. The number of nitrogens with zero attached hydrogens (tertiary/aromatic N) is 3. The molecular formula is C8H15N5O. The molecule has 0 saturated heterocycles. The van der Waals surface area contributed by atoms with Gasteiger partial charge < -0.3 is 10.2 Å². The molecule has 0 fully saturated rings. The quantitative estimate of drug-likeness (QED) is 0.676. The third-order valence-corrected chi connectivity index (χ3v) is 1.78. The second-order valence-electron chi connectivity index (χ2n) is 3.32. The predicted molar refractivity (Wildman–Crippen MR) is 52.0 cm³/mol. The van der Waals surface area contributed by atoms with Gasteiger partial charge in [0.15, 0.2) is 5.69 Å². The molecule has 0 saturated carbocycles. The first kappa shape index (κ1) is 10.6. The maximum atomic E-state index is 11.5. The lowest BCUT2D eigenvalue weighted by atomic mass is 10.3. The third kappa shape index (κ3) is 2.81.